The predicted octanol–water partition coefficient (Wildman–Crippen LogP) is 4.99. The second-order valence-electron chi connectivity index (χ2n) is 10.8. The highest BCUT2D eigenvalue weighted by Crippen LogP contribution is 2.68. The lowest BCUT2D eigenvalue weighted by atomic mass is 9.43. The molecule has 0 amide bonds. The van der Waals surface area contributed by atoms with Crippen LogP contribution in [0, 0.1) is 52.8 Å². The Balaban J connectivity index is 1.58. The first-order chi connectivity index (χ1) is 12.2. The summed E-state index contributed by atoms with van der Waals surface area (Å²) in [7, 11) is 0. The van der Waals surface area contributed by atoms with E-state index in [1.165, 1.54) is 32.1 Å². The fourth-order valence-electron chi connectivity index (χ4n) is 8.34. The lowest BCUT2D eigenvalue weighted by Gasteiger charge is -2.62. The average molecular weight is 357 g/mol. The molecular formula is C24H36O2. The Kier molecular flexibility index (Phi) is 4.35. The smallest absolute Gasteiger partial charge is 0.133 e. The van der Waals surface area contributed by atoms with E-state index in [1.807, 2.05) is 6.92 Å². The second kappa shape index (κ2) is 6.10. The molecule has 26 heavy (non-hydrogen) atoms. The van der Waals surface area contributed by atoms with Crippen LogP contribution in [0.15, 0.2) is 0 Å². The van der Waals surface area contributed by atoms with Crippen molar-refractivity contribution >= 4 is 5.78 Å². The maximum atomic E-state index is 12.2. The van der Waals surface area contributed by atoms with Gasteiger partial charge < -0.3 is 5.11 Å². The number of ketones is 1. The van der Waals surface area contributed by atoms with Gasteiger partial charge in [-0.15, -0.1) is 12.3 Å². The van der Waals surface area contributed by atoms with Gasteiger partial charge in [0.05, 0.1) is 5.60 Å². The minimum Gasteiger partial charge on any atom is -0.389 e. The third kappa shape index (κ3) is 2.53. The molecule has 0 aromatic heterocycles. The summed E-state index contributed by atoms with van der Waals surface area (Å²) in [4.78, 5) is 12.2. The standard InChI is InChI=1S/C24H36O2/c1-5-11-24(26)14-13-22(3)17(15-24)6-7-18-20-9-8-19(16(2)25)23(20,4)12-10-21(18)22/h1,17-21,26H,6-15H2,2-4H3/t17-,18+,19-,20+,21+,22+,23-,24-/m1/s1. The Bertz CT molecular complexity index is 633. The quantitative estimate of drug-likeness (QED) is 0.708. The molecule has 8 atom stereocenters. The normalized spacial score (nSPS) is 53.1. The van der Waals surface area contributed by atoms with Crippen LogP contribution >= 0.6 is 0 Å². The number of carbonyl (C=O) groups is 1. The Morgan fingerprint density at radius 3 is 2.46 bits per heavy atom. The number of carbonyl (C=O) groups excluding carboxylic acids is 1. The molecule has 0 unspecified atom stereocenters. The van der Waals surface area contributed by atoms with Crippen LogP contribution in [0.1, 0.15) is 85.0 Å². The highest BCUT2D eigenvalue weighted by atomic mass is 16.3. The molecule has 0 bridgehead atoms. The summed E-state index contributed by atoms with van der Waals surface area (Å²) in [6.45, 7) is 6.76. The number of terminal acetylenes is 1. The number of hydrogen-bond donors (Lipinski definition) is 1. The summed E-state index contributed by atoms with van der Waals surface area (Å²) in [6, 6.07) is 0. The third-order valence-corrected chi connectivity index (χ3v) is 9.74. The maximum absolute atomic E-state index is 12.2. The summed E-state index contributed by atoms with van der Waals surface area (Å²) in [6.07, 6.45) is 16.3. The van der Waals surface area contributed by atoms with Crippen LogP contribution in [0.4, 0.5) is 0 Å². The van der Waals surface area contributed by atoms with Crippen molar-refractivity contribution in [1.29, 1.82) is 0 Å². The van der Waals surface area contributed by atoms with Gasteiger partial charge >= 0.3 is 0 Å². The van der Waals surface area contributed by atoms with Gasteiger partial charge in [-0.05, 0) is 99.2 Å². The average Bonchev–Trinajstić information content (AvgIpc) is 2.93. The lowest BCUT2D eigenvalue weighted by molar-refractivity contribution is -0.152. The van der Waals surface area contributed by atoms with E-state index < -0.39 is 5.60 Å². The summed E-state index contributed by atoms with van der Waals surface area (Å²) < 4.78 is 0. The van der Waals surface area contributed by atoms with E-state index >= 15 is 0 Å². The van der Waals surface area contributed by atoms with Crippen LogP contribution in [-0.2, 0) is 4.79 Å². The van der Waals surface area contributed by atoms with Gasteiger partial charge in [-0.3, -0.25) is 4.79 Å². The molecule has 4 aliphatic carbocycles. The first-order valence-corrected chi connectivity index (χ1v) is 10.9. The van der Waals surface area contributed by atoms with Crippen LogP contribution < -0.4 is 0 Å². The Hall–Kier alpha value is -0.810. The zero-order chi connectivity index (χ0) is 18.7. The van der Waals surface area contributed by atoms with Gasteiger partial charge in [0.2, 0.25) is 0 Å². The van der Waals surface area contributed by atoms with Crippen molar-refractivity contribution in [3.63, 3.8) is 0 Å². The molecule has 0 spiro atoms. The molecule has 2 heteroatoms. The van der Waals surface area contributed by atoms with E-state index in [1.54, 1.807) is 0 Å². The van der Waals surface area contributed by atoms with E-state index in [4.69, 9.17) is 6.42 Å². The van der Waals surface area contributed by atoms with Crippen molar-refractivity contribution in [2.24, 2.45) is 40.4 Å². The van der Waals surface area contributed by atoms with Crippen molar-refractivity contribution in [2.45, 2.75) is 90.6 Å². The molecule has 0 aromatic carbocycles. The summed E-state index contributed by atoms with van der Waals surface area (Å²) >= 11 is 0. The predicted molar refractivity (Wildman–Crippen MR) is 104 cm³/mol. The summed E-state index contributed by atoms with van der Waals surface area (Å²) in [5.41, 5.74) is -0.0174. The zero-order valence-corrected chi connectivity index (χ0v) is 16.9. The number of aliphatic hydroxyl groups is 1. The van der Waals surface area contributed by atoms with Crippen LogP contribution in [-0.4, -0.2) is 16.5 Å². The van der Waals surface area contributed by atoms with Gasteiger partial charge in [0.25, 0.3) is 0 Å². The largest absolute Gasteiger partial charge is 0.389 e. The van der Waals surface area contributed by atoms with E-state index in [-0.39, 0.29) is 5.41 Å². The molecule has 0 heterocycles. The van der Waals surface area contributed by atoms with Crippen LogP contribution in [0.3, 0.4) is 0 Å². The minimum atomic E-state index is -0.623. The van der Waals surface area contributed by atoms with Crippen molar-refractivity contribution in [2.75, 3.05) is 0 Å². The SMILES string of the molecule is C#CC[C@@]1(O)CC[C@@]2(C)[C@H](CC[C@@H]3[C@@H]2CC[C@]2(C)[C@@H](C(C)=O)CC[C@@H]32)C1. The third-order valence-electron chi connectivity index (χ3n) is 9.74. The molecule has 4 saturated carbocycles. The molecule has 0 aliphatic heterocycles. The molecule has 1 N–H and O–H groups in total. The van der Waals surface area contributed by atoms with E-state index in [0.29, 0.717) is 29.5 Å². The second-order valence-corrected chi connectivity index (χ2v) is 10.8. The Labute approximate surface area is 159 Å². The van der Waals surface area contributed by atoms with Gasteiger partial charge in [0, 0.05) is 12.3 Å². The van der Waals surface area contributed by atoms with E-state index in [0.717, 1.165) is 43.4 Å². The molecule has 2 nitrogen and oxygen atoms in total. The van der Waals surface area contributed by atoms with Gasteiger partial charge in [-0.2, -0.15) is 0 Å². The first kappa shape index (κ1) is 18.5. The lowest BCUT2D eigenvalue weighted by Crippen LogP contribution is -2.56. The van der Waals surface area contributed by atoms with E-state index in [9.17, 15) is 9.90 Å². The summed E-state index contributed by atoms with van der Waals surface area (Å²) in [5, 5.41) is 10.9. The maximum Gasteiger partial charge on any atom is 0.133 e. The van der Waals surface area contributed by atoms with Gasteiger partial charge in [-0.1, -0.05) is 13.8 Å². The monoisotopic (exact) mass is 356 g/mol. The van der Waals surface area contributed by atoms with Gasteiger partial charge in [0.15, 0.2) is 0 Å². The number of rotatable bonds is 2. The van der Waals surface area contributed by atoms with Crippen LogP contribution in [0.25, 0.3) is 0 Å². The minimum absolute atomic E-state index is 0.245. The molecule has 0 aromatic rings. The highest BCUT2D eigenvalue weighted by Gasteiger charge is 2.61. The number of hydrogen-bond acceptors (Lipinski definition) is 2. The van der Waals surface area contributed by atoms with Gasteiger partial charge in [0.1, 0.15) is 5.78 Å². The Morgan fingerprint density at radius 1 is 1.04 bits per heavy atom. The topological polar surface area (TPSA) is 37.3 Å². The van der Waals surface area contributed by atoms with Crippen molar-refractivity contribution in [1.82, 2.24) is 0 Å². The Morgan fingerprint density at radius 2 is 1.77 bits per heavy atom. The van der Waals surface area contributed by atoms with Crippen molar-refractivity contribution in [3.05, 3.63) is 0 Å². The number of fused-ring (bicyclic) bond motifs is 5. The molecule has 4 aliphatic rings. The van der Waals surface area contributed by atoms with E-state index in [2.05, 4.69) is 19.8 Å². The van der Waals surface area contributed by atoms with Gasteiger partial charge in [-0.25, -0.2) is 0 Å². The number of Topliss-reactive ketones (excluding diaryl/α,β-unsaturated/α-hetero) is 1. The molecular weight excluding hydrogens is 320 g/mol. The molecule has 0 radical (unpaired) electrons. The zero-order valence-electron chi connectivity index (χ0n) is 16.9. The molecule has 0 saturated heterocycles. The van der Waals surface area contributed by atoms with Crippen molar-refractivity contribution in [3.8, 4) is 12.3 Å². The van der Waals surface area contributed by atoms with Crippen molar-refractivity contribution < 1.29 is 9.90 Å². The van der Waals surface area contributed by atoms with Crippen LogP contribution in [0.2, 0.25) is 0 Å². The highest BCUT2D eigenvalue weighted by molar-refractivity contribution is 5.79. The van der Waals surface area contributed by atoms with Crippen LogP contribution in [0.5, 0.6) is 0 Å². The molecule has 144 valence electrons. The summed E-state index contributed by atoms with van der Waals surface area (Å²) in [5.74, 6) is 6.35. The fraction of sp³-hybridized carbons (Fsp3) is 0.875. The first-order valence-electron chi connectivity index (χ1n) is 10.9. The molecule has 4 rings (SSSR count). The fourth-order valence-corrected chi connectivity index (χ4v) is 8.34. The molecule has 4 fully saturated rings.